The summed E-state index contributed by atoms with van der Waals surface area (Å²) in [6.07, 6.45) is 3.84. The zero-order chi connectivity index (χ0) is 21.3. The monoisotopic (exact) mass is 441 g/mol. The van der Waals surface area contributed by atoms with Crippen LogP contribution in [0.15, 0.2) is 67.0 Å². The molecule has 2 heterocycles. The highest BCUT2D eigenvalue weighted by atomic mass is 35.5. The van der Waals surface area contributed by atoms with Crippen molar-refractivity contribution in [3.05, 3.63) is 83.1 Å². The van der Waals surface area contributed by atoms with Crippen LogP contribution in [-0.4, -0.2) is 24.9 Å². The Kier molecular flexibility index (Phi) is 5.40. The van der Waals surface area contributed by atoms with Crippen molar-refractivity contribution in [3.8, 4) is 17.0 Å². The molecule has 0 atom stereocenters. The summed E-state index contributed by atoms with van der Waals surface area (Å²) in [6, 6.07) is 16.0. The van der Waals surface area contributed by atoms with Gasteiger partial charge in [-0.15, -0.1) is 0 Å². The van der Waals surface area contributed by atoms with Crippen molar-refractivity contribution in [2.45, 2.75) is 12.7 Å². The zero-order valence-corrected chi connectivity index (χ0v) is 18.0. The minimum Gasteiger partial charge on any atom is -0.495 e. The molecular formula is C22H20ClN3O3S. The van der Waals surface area contributed by atoms with Crippen LogP contribution in [0.2, 0.25) is 5.02 Å². The summed E-state index contributed by atoms with van der Waals surface area (Å²) in [5, 5.41) is 0.557. The van der Waals surface area contributed by atoms with E-state index in [-0.39, 0.29) is 5.75 Å². The van der Waals surface area contributed by atoms with Gasteiger partial charge < -0.3 is 9.14 Å². The molecule has 4 aromatic rings. The van der Waals surface area contributed by atoms with Gasteiger partial charge in [0.05, 0.1) is 24.2 Å². The van der Waals surface area contributed by atoms with Gasteiger partial charge in [-0.1, -0.05) is 29.8 Å². The first-order valence-electron chi connectivity index (χ1n) is 9.22. The van der Waals surface area contributed by atoms with Crippen LogP contribution in [0.25, 0.3) is 16.9 Å². The predicted molar refractivity (Wildman–Crippen MR) is 120 cm³/mol. The molecule has 0 aliphatic rings. The van der Waals surface area contributed by atoms with E-state index in [1.54, 1.807) is 36.4 Å². The van der Waals surface area contributed by atoms with E-state index in [4.69, 9.17) is 16.3 Å². The van der Waals surface area contributed by atoms with Crippen molar-refractivity contribution in [3.63, 3.8) is 0 Å². The van der Waals surface area contributed by atoms with E-state index in [2.05, 4.69) is 9.71 Å². The van der Waals surface area contributed by atoms with Gasteiger partial charge in [0, 0.05) is 23.0 Å². The molecule has 2 aromatic heterocycles. The Bertz CT molecular complexity index is 1320. The van der Waals surface area contributed by atoms with Crippen LogP contribution < -0.4 is 9.46 Å². The average molecular weight is 442 g/mol. The molecule has 6 nitrogen and oxygen atoms in total. The van der Waals surface area contributed by atoms with Crippen molar-refractivity contribution < 1.29 is 13.2 Å². The lowest BCUT2D eigenvalue weighted by atomic mass is 10.1. The fraction of sp³-hybridized carbons (Fsp3) is 0.136. The Morgan fingerprint density at radius 1 is 1.13 bits per heavy atom. The number of aromatic nitrogens is 2. The van der Waals surface area contributed by atoms with Gasteiger partial charge in [-0.3, -0.25) is 4.72 Å². The fourth-order valence-corrected chi connectivity index (χ4v) is 4.57. The molecule has 0 aliphatic carbocycles. The minimum absolute atomic E-state index is 0.175. The lowest BCUT2D eigenvalue weighted by Gasteiger charge is -2.13. The van der Waals surface area contributed by atoms with E-state index >= 15 is 0 Å². The Morgan fingerprint density at radius 2 is 1.90 bits per heavy atom. The van der Waals surface area contributed by atoms with Gasteiger partial charge in [-0.25, -0.2) is 13.4 Å². The normalized spacial score (nSPS) is 11.6. The molecule has 30 heavy (non-hydrogen) atoms. The molecule has 0 saturated carbocycles. The van der Waals surface area contributed by atoms with Crippen LogP contribution in [0.1, 0.15) is 11.1 Å². The van der Waals surface area contributed by atoms with E-state index in [0.717, 1.165) is 22.5 Å². The maximum Gasteiger partial charge on any atom is 0.237 e. The maximum absolute atomic E-state index is 12.7. The molecule has 0 aliphatic heterocycles. The van der Waals surface area contributed by atoms with Crippen molar-refractivity contribution >= 4 is 33.0 Å². The van der Waals surface area contributed by atoms with Crippen LogP contribution in [0, 0.1) is 6.92 Å². The number of fused-ring (bicyclic) bond motifs is 1. The first-order chi connectivity index (χ1) is 14.3. The summed E-state index contributed by atoms with van der Waals surface area (Å²) in [5.74, 6) is 0.254. The molecule has 2 aromatic carbocycles. The fourth-order valence-electron chi connectivity index (χ4n) is 3.24. The number of methoxy groups -OCH3 is 1. The number of benzene rings is 2. The van der Waals surface area contributed by atoms with Crippen LogP contribution in [0.3, 0.4) is 0 Å². The molecule has 0 saturated heterocycles. The van der Waals surface area contributed by atoms with Gasteiger partial charge in [-0.2, -0.15) is 0 Å². The van der Waals surface area contributed by atoms with Gasteiger partial charge in [0.2, 0.25) is 10.0 Å². The molecule has 0 fully saturated rings. The summed E-state index contributed by atoms with van der Waals surface area (Å²) in [6.45, 7) is 2.00. The van der Waals surface area contributed by atoms with E-state index in [0.29, 0.717) is 22.0 Å². The molecule has 1 N–H and O–H groups in total. The summed E-state index contributed by atoms with van der Waals surface area (Å²) < 4.78 is 35.4. The topological polar surface area (TPSA) is 72.7 Å². The van der Waals surface area contributed by atoms with Crippen LogP contribution in [0.5, 0.6) is 5.75 Å². The number of ether oxygens (including phenoxy) is 1. The minimum atomic E-state index is -3.66. The number of nitrogens with zero attached hydrogens (tertiary/aromatic N) is 2. The highest BCUT2D eigenvalue weighted by Crippen LogP contribution is 2.32. The van der Waals surface area contributed by atoms with Crippen molar-refractivity contribution in [2.24, 2.45) is 0 Å². The van der Waals surface area contributed by atoms with E-state index in [9.17, 15) is 8.42 Å². The third-order valence-electron chi connectivity index (χ3n) is 4.71. The third kappa shape index (κ3) is 4.27. The van der Waals surface area contributed by atoms with Crippen molar-refractivity contribution in [1.82, 2.24) is 9.38 Å². The number of aryl methyl sites for hydroxylation is 1. The van der Waals surface area contributed by atoms with Crippen molar-refractivity contribution in [1.29, 1.82) is 0 Å². The lowest BCUT2D eigenvalue weighted by molar-refractivity contribution is 0.417. The molecule has 0 amide bonds. The van der Waals surface area contributed by atoms with Gasteiger partial charge >= 0.3 is 0 Å². The smallest absolute Gasteiger partial charge is 0.237 e. The number of nitrogens with one attached hydrogen (secondary N) is 1. The first-order valence-corrected chi connectivity index (χ1v) is 11.3. The predicted octanol–water partition coefficient (Wildman–Crippen LogP) is 4.91. The molecule has 0 unspecified atom stereocenters. The Hall–Kier alpha value is -3.03. The number of sulfonamides is 1. The number of rotatable bonds is 6. The van der Waals surface area contributed by atoms with E-state index in [1.807, 2.05) is 41.9 Å². The Morgan fingerprint density at radius 3 is 2.60 bits per heavy atom. The molecule has 8 heteroatoms. The highest BCUT2D eigenvalue weighted by molar-refractivity contribution is 7.91. The Labute approximate surface area is 180 Å². The second-order valence-corrected chi connectivity index (χ2v) is 9.11. The lowest BCUT2D eigenvalue weighted by Crippen LogP contribution is -2.15. The van der Waals surface area contributed by atoms with E-state index < -0.39 is 10.0 Å². The average Bonchev–Trinajstić information content (AvgIpc) is 3.15. The molecular weight excluding hydrogens is 422 g/mol. The summed E-state index contributed by atoms with van der Waals surface area (Å²) >= 11 is 5.88. The number of imidazole rings is 1. The zero-order valence-electron chi connectivity index (χ0n) is 16.5. The maximum atomic E-state index is 12.7. The molecule has 154 valence electrons. The van der Waals surface area contributed by atoms with Crippen LogP contribution >= 0.6 is 11.6 Å². The number of anilines is 1. The van der Waals surface area contributed by atoms with Crippen LogP contribution in [-0.2, 0) is 15.8 Å². The van der Waals surface area contributed by atoms with Gasteiger partial charge in [0.25, 0.3) is 0 Å². The molecule has 0 radical (unpaired) electrons. The number of hydrogen-bond donors (Lipinski definition) is 1. The van der Waals surface area contributed by atoms with Gasteiger partial charge in [-0.05, 0) is 54.4 Å². The molecule has 4 rings (SSSR count). The summed E-state index contributed by atoms with van der Waals surface area (Å²) in [5.41, 5.74) is 4.43. The highest BCUT2D eigenvalue weighted by Gasteiger charge is 2.16. The largest absolute Gasteiger partial charge is 0.495 e. The number of hydrogen-bond acceptors (Lipinski definition) is 4. The first kappa shape index (κ1) is 20.3. The van der Waals surface area contributed by atoms with Gasteiger partial charge in [0.1, 0.15) is 11.4 Å². The molecule has 0 spiro atoms. The SMILES string of the molecule is COc1ccc(-c2cn3cccc(C)c3n2)cc1NS(=O)(=O)Cc1ccc(Cl)cc1. The third-order valence-corrected chi connectivity index (χ3v) is 6.20. The standard InChI is InChI=1S/C22H20ClN3O3S/c1-15-4-3-11-26-13-20(24-22(15)26)17-7-10-21(29-2)19(12-17)25-30(27,28)14-16-5-8-18(23)9-6-16/h3-13,25H,14H2,1-2H3. The van der Waals surface area contributed by atoms with Crippen LogP contribution in [0.4, 0.5) is 5.69 Å². The second-order valence-electron chi connectivity index (χ2n) is 6.95. The number of pyridine rings is 1. The van der Waals surface area contributed by atoms with E-state index in [1.165, 1.54) is 7.11 Å². The number of halogens is 1. The second kappa shape index (κ2) is 8.01. The summed E-state index contributed by atoms with van der Waals surface area (Å²) in [4.78, 5) is 4.68. The van der Waals surface area contributed by atoms with Gasteiger partial charge in [0.15, 0.2) is 0 Å². The summed E-state index contributed by atoms with van der Waals surface area (Å²) in [7, 11) is -2.16. The quantitative estimate of drug-likeness (QED) is 0.461. The molecule has 0 bridgehead atoms. The Balaban J connectivity index is 1.67. The van der Waals surface area contributed by atoms with Crippen molar-refractivity contribution in [2.75, 3.05) is 11.8 Å².